The topological polar surface area (TPSA) is 66.9 Å². The van der Waals surface area contributed by atoms with Crippen molar-refractivity contribution < 1.29 is 0 Å². The third kappa shape index (κ3) is 8.41. The predicted octanol–water partition coefficient (Wildman–Crippen LogP) is 15.4. The van der Waals surface area contributed by atoms with E-state index in [1.807, 2.05) is 103 Å². The van der Waals surface area contributed by atoms with Gasteiger partial charge in [-0.3, -0.25) is 5.41 Å². The molecule has 0 saturated carbocycles. The number of nitrogens with zero attached hydrogens (tertiary/aromatic N) is 4. The first-order chi connectivity index (χ1) is 33.1. The maximum Gasteiger partial charge on any atom is 0.160 e. The van der Waals surface area contributed by atoms with Crippen LogP contribution in [-0.2, 0) is 0 Å². The van der Waals surface area contributed by atoms with Crippen LogP contribution in [0, 0.1) is 5.41 Å². The maximum absolute atomic E-state index is 9.08. The molecule has 0 saturated heterocycles. The summed E-state index contributed by atoms with van der Waals surface area (Å²) in [5, 5.41) is 11.4. The fraction of sp³-hybridized carbons (Fsp3) is 0. The van der Waals surface area contributed by atoms with Gasteiger partial charge in [0.15, 0.2) is 11.7 Å². The summed E-state index contributed by atoms with van der Waals surface area (Å²) in [6, 6.07) is 83.6. The van der Waals surface area contributed by atoms with Gasteiger partial charge in [0.25, 0.3) is 0 Å². The third-order valence-electron chi connectivity index (χ3n) is 12.1. The van der Waals surface area contributed by atoms with Crippen molar-refractivity contribution in [3.05, 3.63) is 265 Å². The van der Waals surface area contributed by atoms with Crippen LogP contribution in [0.15, 0.2) is 254 Å². The largest absolute Gasteiger partial charge is 0.309 e. The number of nitrogens with one attached hydrogen (secondary N) is 1. The number of allylic oxidation sites excluding steroid dienone is 1. The molecule has 11 rings (SSSR count). The van der Waals surface area contributed by atoms with Crippen LogP contribution in [-0.4, -0.2) is 26.1 Å². The van der Waals surface area contributed by atoms with Gasteiger partial charge in [0.2, 0.25) is 0 Å². The zero-order chi connectivity index (χ0) is 44.9. The summed E-state index contributed by atoms with van der Waals surface area (Å²) in [6.45, 7) is 0. The van der Waals surface area contributed by atoms with Crippen LogP contribution in [0.5, 0.6) is 0 Å². The van der Waals surface area contributed by atoms with Gasteiger partial charge in [-0.25, -0.2) is 15.0 Å². The van der Waals surface area contributed by atoms with Gasteiger partial charge in [0.05, 0.1) is 33.8 Å². The lowest BCUT2D eigenvalue weighted by Crippen LogP contribution is -2.04. The van der Waals surface area contributed by atoms with Gasteiger partial charge in [-0.1, -0.05) is 206 Å². The highest BCUT2D eigenvalue weighted by molar-refractivity contribution is 6.18. The molecule has 5 nitrogen and oxygen atoms in total. The van der Waals surface area contributed by atoms with E-state index >= 15 is 0 Å². The molecule has 0 atom stereocenters. The molecule has 0 fully saturated rings. The fourth-order valence-electron chi connectivity index (χ4n) is 8.78. The van der Waals surface area contributed by atoms with Gasteiger partial charge in [0.1, 0.15) is 0 Å². The molecule has 11 aromatic rings. The molecule has 0 unspecified atom stereocenters. The molecule has 5 heteroatoms. The van der Waals surface area contributed by atoms with E-state index in [1.54, 1.807) is 0 Å². The second kappa shape index (κ2) is 18.2. The molecule has 0 bridgehead atoms. The third-order valence-corrected chi connectivity index (χ3v) is 12.1. The Kier molecular flexibility index (Phi) is 11.1. The van der Waals surface area contributed by atoms with Crippen molar-refractivity contribution >= 4 is 39.4 Å². The molecule has 0 spiro atoms. The number of rotatable bonds is 10. The SMILES string of the molecule is N=C(N=C(/C=C/c1cc(-c2cc(-c3ccccc3)nc(-c3ccccc3)n2)ccc1-n1c2ccc(-c3ccccc3)cc2c2cc(-c3ccccc3)ccc21)c1ccccc1)c1ccccc1. The normalized spacial score (nSPS) is 11.7. The van der Waals surface area contributed by atoms with E-state index in [-0.39, 0.29) is 5.84 Å². The summed E-state index contributed by atoms with van der Waals surface area (Å²) in [7, 11) is 0. The zero-order valence-electron chi connectivity index (χ0n) is 36.5. The summed E-state index contributed by atoms with van der Waals surface area (Å²) < 4.78 is 2.38. The van der Waals surface area contributed by atoms with Crippen molar-refractivity contribution in [1.82, 2.24) is 14.5 Å². The summed E-state index contributed by atoms with van der Waals surface area (Å²) in [5.74, 6) is 0.841. The van der Waals surface area contributed by atoms with Crippen LogP contribution in [0.25, 0.3) is 89.7 Å². The van der Waals surface area contributed by atoms with Gasteiger partial charge in [-0.05, 0) is 76.4 Å². The summed E-state index contributed by atoms with van der Waals surface area (Å²) >= 11 is 0. The number of amidine groups is 1. The van der Waals surface area contributed by atoms with E-state index < -0.39 is 0 Å². The summed E-state index contributed by atoms with van der Waals surface area (Å²) in [6.07, 6.45) is 4.17. The Hall–Kier alpha value is -9.06. The van der Waals surface area contributed by atoms with Crippen LogP contribution in [0.2, 0.25) is 0 Å². The molecule has 67 heavy (non-hydrogen) atoms. The van der Waals surface area contributed by atoms with Crippen molar-refractivity contribution in [3.63, 3.8) is 0 Å². The summed E-state index contributed by atoms with van der Waals surface area (Å²) in [5.41, 5.74) is 15.6. The van der Waals surface area contributed by atoms with Crippen molar-refractivity contribution in [3.8, 4) is 61.8 Å². The molecule has 0 aliphatic heterocycles. The number of aromatic nitrogens is 3. The molecule has 2 aromatic heterocycles. The second-order valence-corrected chi connectivity index (χ2v) is 16.4. The standard InChI is InChI=1S/C62H43N5/c63-61(47-27-15-5-16-28-47)64-55(45-23-11-3-12-24-45)35-31-52-39-51(57-42-56(46-25-13-4-14-26-46)65-62(66-57)48-29-17-6-18-30-48)34-36-58(52)67-59-37-32-49(43-19-7-1-8-20-43)40-53(59)54-41-50(33-38-60(54)67)44-21-9-2-10-22-44/h1-42,63H/b35-31+,63-61?,64-55?. The number of benzene rings is 9. The minimum absolute atomic E-state index is 0.187. The monoisotopic (exact) mass is 857 g/mol. The molecule has 0 aliphatic rings. The highest BCUT2D eigenvalue weighted by Crippen LogP contribution is 2.39. The molecule has 2 heterocycles. The Balaban J connectivity index is 1.15. The van der Waals surface area contributed by atoms with E-state index in [0.717, 1.165) is 83.4 Å². The van der Waals surface area contributed by atoms with Crippen LogP contribution in [0.1, 0.15) is 16.7 Å². The fourth-order valence-corrected chi connectivity index (χ4v) is 8.78. The quantitative estimate of drug-likeness (QED) is 0.110. The number of hydrogen-bond donors (Lipinski definition) is 1. The first-order valence-corrected chi connectivity index (χ1v) is 22.4. The van der Waals surface area contributed by atoms with Gasteiger partial charge in [-0.15, -0.1) is 0 Å². The smallest absolute Gasteiger partial charge is 0.160 e. The Labute approximate surface area is 389 Å². The van der Waals surface area contributed by atoms with E-state index in [0.29, 0.717) is 11.5 Å². The lowest BCUT2D eigenvalue weighted by Gasteiger charge is -2.15. The van der Waals surface area contributed by atoms with Gasteiger partial charge in [-0.2, -0.15) is 0 Å². The van der Waals surface area contributed by atoms with E-state index in [1.165, 1.54) is 11.1 Å². The minimum Gasteiger partial charge on any atom is -0.309 e. The molecular weight excluding hydrogens is 815 g/mol. The Morgan fingerprint density at radius 2 is 0.851 bits per heavy atom. The first-order valence-electron chi connectivity index (χ1n) is 22.4. The van der Waals surface area contributed by atoms with Gasteiger partial charge < -0.3 is 4.57 Å². The molecule has 0 radical (unpaired) electrons. The van der Waals surface area contributed by atoms with Crippen molar-refractivity contribution in [1.29, 1.82) is 5.41 Å². The molecule has 0 aliphatic carbocycles. The molecule has 316 valence electrons. The van der Waals surface area contributed by atoms with E-state index in [9.17, 15) is 0 Å². The van der Waals surface area contributed by atoms with Crippen molar-refractivity contribution in [2.45, 2.75) is 0 Å². The molecule has 0 amide bonds. The zero-order valence-corrected chi connectivity index (χ0v) is 36.5. The van der Waals surface area contributed by atoms with Gasteiger partial charge >= 0.3 is 0 Å². The average molecular weight is 858 g/mol. The van der Waals surface area contributed by atoms with Crippen LogP contribution in [0.3, 0.4) is 0 Å². The Bertz CT molecular complexity index is 3450. The lowest BCUT2D eigenvalue weighted by molar-refractivity contribution is 1.16. The first kappa shape index (κ1) is 40.7. The van der Waals surface area contributed by atoms with Crippen LogP contribution >= 0.6 is 0 Å². The number of aliphatic imine (C=N–C) groups is 1. The molecule has 9 aromatic carbocycles. The average Bonchev–Trinajstić information content (AvgIpc) is 3.73. The van der Waals surface area contributed by atoms with Crippen molar-refractivity contribution in [2.24, 2.45) is 4.99 Å². The van der Waals surface area contributed by atoms with Crippen molar-refractivity contribution in [2.75, 3.05) is 0 Å². The minimum atomic E-state index is 0.187. The number of fused-ring (bicyclic) bond motifs is 3. The highest BCUT2D eigenvalue weighted by Gasteiger charge is 2.19. The highest BCUT2D eigenvalue weighted by atomic mass is 15.0. The lowest BCUT2D eigenvalue weighted by atomic mass is 10.0. The second-order valence-electron chi connectivity index (χ2n) is 16.4. The Morgan fingerprint density at radius 3 is 1.39 bits per heavy atom. The number of hydrogen-bond acceptors (Lipinski definition) is 3. The van der Waals surface area contributed by atoms with E-state index in [2.05, 4.69) is 156 Å². The van der Waals surface area contributed by atoms with Gasteiger partial charge in [0, 0.05) is 38.6 Å². The maximum atomic E-state index is 9.08. The molecular formula is C62H43N5. The van der Waals surface area contributed by atoms with Crippen LogP contribution < -0.4 is 0 Å². The predicted molar refractivity (Wildman–Crippen MR) is 279 cm³/mol. The molecule has 1 N–H and O–H groups in total. The Morgan fingerprint density at radius 1 is 0.403 bits per heavy atom. The van der Waals surface area contributed by atoms with E-state index in [4.69, 9.17) is 20.4 Å². The summed E-state index contributed by atoms with van der Waals surface area (Å²) in [4.78, 5) is 15.3. The van der Waals surface area contributed by atoms with Crippen LogP contribution in [0.4, 0.5) is 0 Å².